The van der Waals surface area contributed by atoms with Crippen LogP contribution in [-0.4, -0.2) is 74.8 Å². The summed E-state index contributed by atoms with van der Waals surface area (Å²) in [6, 6.07) is -1.32. The second-order valence-electron chi connectivity index (χ2n) is 4.91. The van der Waals surface area contributed by atoms with Crippen LogP contribution in [0, 0.1) is 0 Å². The van der Waals surface area contributed by atoms with Gasteiger partial charge in [0.2, 0.25) is 0 Å². The van der Waals surface area contributed by atoms with Crippen LogP contribution < -0.4 is 5.32 Å². The highest BCUT2D eigenvalue weighted by molar-refractivity contribution is 7.99. The summed E-state index contributed by atoms with van der Waals surface area (Å²) in [4.78, 5) is 11.1. The van der Waals surface area contributed by atoms with E-state index >= 15 is 0 Å². The van der Waals surface area contributed by atoms with Gasteiger partial charge in [0.25, 0.3) is 0 Å². The molecule has 130 valence electrons. The number of rotatable bonds is 4. The largest absolute Gasteiger partial charge is 0.471 e. The Hall–Kier alpha value is -0.200. The number of halogens is 3. The lowest BCUT2D eigenvalue weighted by Crippen LogP contribution is -2.65. The van der Waals surface area contributed by atoms with Crippen molar-refractivity contribution >= 4 is 30.3 Å². The van der Waals surface area contributed by atoms with Crippen molar-refractivity contribution in [2.45, 2.75) is 54.2 Å². The minimum absolute atomic E-state index is 0.809. The van der Waals surface area contributed by atoms with Gasteiger partial charge in [0.05, 0.1) is 6.04 Å². The smallest absolute Gasteiger partial charge is 0.388 e. The molecule has 0 bridgehead atoms. The highest BCUT2D eigenvalue weighted by atomic mass is 32.2. The van der Waals surface area contributed by atoms with Crippen LogP contribution in [-0.2, 0) is 9.53 Å². The Morgan fingerprint density at radius 2 is 1.82 bits per heavy atom. The molecule has 11 heteroatoms. The molecule has 1 fully saturated rings. The van der Waals surface area contributed by atoms with E-state index in [0.29, 0.717) is 0 Å². The Morgan fingerprint density at radius 3 is 2.23 bits per heavy atom. The average molecular weight is 365 g/mol. The Balaban J connectivity index is 2.97. The maximum absolute atomic E-state index is 12.4. The van der Waals surface area contributed by atoms with Crippen molar-refractivity contribution in [3.05, 3.63) is 0 Å². The summed E-state index contributed by atoms with van der Waals surface area (Å²) in [7, 11) is 0. The van der Waals surface area contributed by atoms with Crippen molar-refractivity contribution in [1.82, 2.24) is 5.32 Å². The molecule has 0 saturated carbocycles. The number of carbonyl (C=O) groups excluding carboxylic acids is 1. The van der Waals surface area contributed by atoms with Crippen LogP contribution in [0.3, 0.4) is 0 Å². The van der Waals surface area contributed by atoms with Crippen molar-refractivity contribution in [3.63, 3.8) is 0 Å². The normalized spacial score (nSPS) is 35.8. The van der Waals surface area contributed by atoms with Gasteiger partial charge in [-0.25, -0.2) is 0 Å². The Labute approximate surface area is 134 Å². The number of aliphatic hydroxyl groups is 3. The van der Waals surface area contributed by atoms with Crippen LogP contribution in [0.4, 0.5) is 13.2 Å². The molecule has 1 saturated heterocycles. The monoisotopic (exact) mass is 365 g/mol. The molecule has 7 atom stereocenters. The zero-order valence-corrected chi connectivity index (χ0v) is 13.4. The van der Waals surface area contributed by atoms with Crippen LogP contribution in [0.15, 0.2) is 0 Å². The van der Waals surface area contributed by atoms with E-state index in [1.165, 1.54) is 6.92 Å². The van der Waals surface area contributed by atoms with Gasteiger partial charge >= 0.3 is 12.1 Å². The number of alkyl halides is 3. The summed E-state index contributed by atoms with van der Waals surface area (Å²) >= 11 is 5.01. The van der Waals surface area contributed by atoms with E-state index in [4.69, 9.17) is 4.74 Å². The summed E-state index contributed by atoms with van der Waals surface area (Å²) in [6.07, 6.45) is -9.59. The average Bonchev–Trinajstić information content (AvgIpc) is 2.41. The highest BCUT2D eigenvalue weighted by Gasteiger charge is 2.49. The third-order valence-electron chi connectivity index (χ3n) is 3.27. The van der Waals surface area contributed by atoms with Gasteiger partial charge in [0.1, 0.15) is 29.9 Å². The maximum Gasteiger partial charge on any atom is 0.471 e. The molecular weight excluding hydrogens is 347 g/mol. The number of hydrogen-bond acceptors (Lipinski definition) is 7. The number of ether oxygens (including phenoxy) is 1. The molecule has 1 aliphatic heterocycles. The predicted molar refractivity (Wildman–Crippen MR) is 76.6 cm³/mol. The standard InChI is InChI=1S/C11H18F3NO5S2/c1-3(21)4(15-10(19)11(12,13)14)8-6(17)5(16)7(18)9(20-8)22-2/h3-9,16-18,21H,1-2H3,(H,15,19)/t3-,4+,5+,6?,7+,8+,9?/m0/s1. The van der Waals surface area contributed by atoms with Crippen molar-refractivity contribution < 1.29 is 38.0 Å². The number of nitrogens with one attached hydrogen (secondary N) is 1. The fourth-order valence-electron chi connectivity index (χ4n) is 2.08. The number of amides is 1. The molecule has 0 aromatic heterocycles. The van der Waals surface area contributed by atoms with E-state index in [1.807, 2.05) is 0 Å². The van der Waals surface area contributed by atoms with Gasteiger partial charge in [-0.2, -0.15) is 25.8 Å². The molecule has 0 aromatic carbocycles. The quantitative estimate of drug-likeness (QED) is 0.432. The third kappa shape index (κ3) is 4.42. The summed E-state index contributed by atoms with van der Waals surface area (Å²) in [6.45, 7) is 1.41. The maximum atomic E-state index is 12.4. The first-order valence-electron chi connectivity index (χ1n) is 6.29. The van der Waals surface area contributed by atoms with Crippen LogP contribution in [0.1, 0.15) is 6.92 Å². The number of thioether (sulfide) groups is 1. The molecule has 22 heavy (non-hydrogen) atoms. The summed E-state index contributed by atoms with van der Waals surface area (Å²) in [5, 5.41) is 30.3. The lowest BCUT2D eigenvalue weighted by Gasteiger charge is -2.44. The fourth-order valence-corrected chi connectivity index (χ4v) is 3.00. The number of hydrogen-bond donors (Lipinski definition) is 5. The van der Waals surface area contributed by atoms with Crippen LogP contribution in [0.5, 0.6) is 0 Å². The number of aliphatic hydroxyl groups excluding tert-OH is 3. The molecule has 1 rings (SSSR count). The fraction of sp³-hybridized carbons (Fsp3) is 0.909. The minimum atomic E-state index is -5.10. The van der Waals surface area contributed by atoms with Gasteiger partial charge in [-0.3, -0.25) is 4.79 Å². The lowest BCUT2D eigenvalue weighted by molar-refractivity contribution is -0.207. The van der Waals surface area contributed by atoms with Crippen molar-refractivity contribution in [3.8, 4) is 0 Å². The predicted octanol–water partition coefficient (Wildman–Crippen LogP) is -0.478. The van der Waals surface area contributed by atoms with E-state index in [9.17, 15) is 33.3 Å². The molecule has 0 aliphatic carbocycles. The SMILES string of the molecule is CSC1O[C@H]([C@H](NC(=O)C(F)(F)F)[C@H](C)S)C(O)[C@@H](O)[C@H]1O. The molecule has 1 amide bonds. The molecular formula is C11H18F3NO5S2. The van der Waals surface area contributed by atoms with Gasteiger partial charge in [0, 0.05) is 5.25 Å². The van der Waals surface area contributed by atoms with Crippen LogP contribution in [0.2, 0.25) is 0 Å². The summed E-state index contributed by atoms with van der Waals surface area (Å²) in [5.74, 6) is -2.20. The summed E-state index contributed by atoms with van der Waals surface area (Å²) in [5.41, 5.74) is -0.958. The van der Waals surface area contributed by atoms with E-state index < -0.39 is 53.2 Å². The first kappa shape index (κ1) is 19.8. The van der Waals surface area contributed by atoms with E-state index in [1.54, 1.807) is 11.6 Å². The second-order valence-corrected chi connectivity index (χ2v) is 6.66. The van der Waals surface area contributed by atoms with Gasteiger partial charge in [-0.1, -0.05) is 6.92 Å². The van der Waals surface area contributed by atoms with Crippen LogP contribution in [0.25, 0.3) is 0 Å². The Bertz CT molecular complexity index is 396. The Kier molecular flexibility index (Phi) is 6.84. The van der Waals surface area contributed by atoms with Gasteiger partial charge in [-0.15, -0.1) is 11.8 Å². The van der Waals surface area contributed by atoms with E-state index in [-0.39, 0.29) is 0 Å². The lowest BCUT2D eigenvalue weighted by atomic mass is 9.93. The minimum Gasteiger partial charge on any atom is -0.388 e. The molecule has 6 nitrogen and oxygen atoms in total. The number of thiol groups is 1. The van der Waals surface area contributed by atoms with Crippen molar-refractivity contribution in [2.75, 3.05) is 6.26 Å². The highest BCUT2D eigenvalue weighted by Crippen LogP contribution is 2.30. The zero-order chi connectivity index (χ0) is 17.2. The first-order valence-corrected chi connectivity index (χ1v) is 8.09. The van der Waals surface area contributed by atoms with Crippen LogP contribution >= 0.6 is 24.4 Å². The molecule has 2 unspecified atom stereocenters. The van der Waals surface area contributed by atoms with Gasteiger partial charge in [0.15, 0.2) is 0 Å². The summed E-state index contributed by atoms with van der Waals surface area (Å²) < 4.78 is 42.5. The molecule has 0 radical (unpaired) electrons. The van der Waals surface area contributed by atoms with Crippen molar-refractivity contribution in [2.24, 2.45) is 0 Å². The molecule has 1 aliphatic rings. The first-order chi connectivity index (χ1) is 10.0. The molecule has 4 N–H and O–H groups in total. The number of carbonyl (C=O) groups is 1. The third-order valence-corrected chi connectivity index (χ3v) is 4.44. The van der Waals surface area contributed by atoms with Gasteiger partial charge < -0.3 is 25.4 Å². The molecule has 1 heterocycles. The van der Waals surface area contributed by atoms with Gasteiger partial charge in [-0.05, 0) is 6.26 Å². The molecule has 0 spiro atoms. The topological polar surface area (TPSA) is 99.0 Å². The Morgan fingerprint density at radius 1 is 1.27 bits per heavy atom. The van der Waals surface area contributed by atoms with E-state index in [0.717, 1.165) is 11.8 Å². The van der Waals surface area contributed by atoms with E-state index in [2.05, 4.69) is 12.6 Å². The second kappa shape index (κ2) is 7.58. The zero-order valence-electron chi connectivity index (χ0n) is 11.7. The van der Waals surface area contributed by atoms with Crippen molar-refractivity contribution in [1.29, 1.82) is 0 Å². The molecule has 0 aromatic rings.